The van der Waals surface area contributed by atoms with E-state index < -0.39 is 28.5 Å². The summed E-state index contributed by atoms with van der Waals surface area (Å²) >= 11 is 13.0. The van der Waals surface area contributed by atoms with E-state index in [2.05, 4.69) is 5.32 Å². The highest BCUT2D eigenvalue weighted by Crippen LogP contribution is 2.31. The average molecular weight is 653 g/mol. The number of para-hydroxylation sites is 1. The van der Waals surface area contributed by atoms with Gasteiger partial charge in [0.1, 0.15) is 12.6 Å². The number of hydrogen-bond acceptors (Lipinski definition) is 4. The fraction of sp³-hybridized carbons (Fsp3) is 0.235. The van der Waals surface area contributed by atoms with Crippen LogP contribution in [0.15, 0.2) is 114 Å². The van der Waals surface area contributed by atoms with Gasteiger partial charge in [0.15, 0.2) is 0 Å². The van der Waals surface area contributed by atoms with Gasteiger partial charge < -0.3 is 10.2 Å². The van der Waals surface area contributed by atoms with Crippen LogP contribution in [-0.4, -0.2) is 44.3 Å². The maximum absolute atomic E-state index is 14.5. The zero-order valence-electron chi connectivity index (χ0n) is 24.4. The van der Waals surface area contributed by atoms with Crippen LogP contribution >= 0.6 is 23.2 Å². The fourth-order valence-electron chi connectivity index (χ4n) is 4.76. The lowest BCUT2D eigenvalue weighted by Crippen LogP contribution is -2.53. The standard InChI is InChI=1S/C34H35Cl2N3O4S/c1-2-3-22-37-34(41)32(23-26-14-6-4-7-15-26)38(24-27-16-10-11-19-29(27)35)33(40)25-39(31-21-13-12-20-30(31)36)44(42,43)28-17-8-5-9-18-28/h4-21,32H,2-3,22-25H2,1H3,(H,37,41)/t32-/m0/s1. The van der Waals surface area contributed by atoms with Crippen LogP contribution in [0, 0.1) is 0 Å². The topological polar surface area (TPSA) is 86.8 Å². The van der Waals surface area contributed by atoms with Crippen LogP contribution in [-0.2, 0) is 32.6 Å². The lowest BCUT2D eigenvalue weighted by atomic mass is 10.0. The second-order valence-electron chi connectivity index (χ2n) is 10.2. The van der Waals surface area contributed by atoms with Crippen molar-refractivity contribution < 1.29 is 18.0 Å². The molecule has 0 aliphatic heterocycles. The molecular weight excluding hydrogens is 617 g/mol. The molecule has 0 radical (unpaired) electrons. The maximum Gasteiger partial charge on any atom is 0.264 e. The number of sulfonamides is 1. The van der Waals surface area contributed by atoms with Crippen molar-refractivity contribution in [3.05, 3.63) is 130 Å². The number of unbranched alkanes of at least 4 members (excludes halogenated alkanes) is 1. The summed E-state index contributed by atoms with van der Waals surface area (Å²) in [6.07, 6.45) is 1.88. The molecular formula is C34H35Cl2N3O4S. The predicted octanol–water partition coefficient (Wildman–Crippen LogP) is 6.75. The first-order valence-electron chi connectivity index (χ1n) is 14.4. The summed E-state index contributed by atoms with van der Waals surface area (Å²) in [5.41, 5.74) is 1.62. The van der Waals surface area contributed by atoms with Gasteiger partial charge in [0.2, 0.25) is 11.8 Å². The van der Waals surface area contributed by atoms with Crippen LogP contribution in [0.2, 0.25) is 10.0 Å². The van der Waals surface area contributed by atoms with E-state index in [1.54, 1.807) is 66.7 Å². The molecule has 10 heteroatoms. The van der Waals surface area contributed by atoms with E-state index >= 15 is 0 Å². The van der Waals surface area contributed by atoms with Crippen LogP contribution in [0.1, 0.15) is 30.9 Å². The van der Waals surface area contributed by atoms with Gasteiger partial charge >= 0.3 is 0 Å². The van der Waals surface area contributed by atoms with Crippen molar-refractivity contribution in [1.82, 2.24) is 10.2 Å². The van der Waals surface area contributed by atoms with E-state index in [1.807, 2.05) is 37.3 Å². The van der Waals surface area contributed by atoms with Gasteiger partial charge in [0.25, 0.3) is 10.0 Å². The van der Waals surface area contributed by atoms with Gasteiger partial charge in [-0.3, -0.25) is 13.9 Å². The summed E-state index contributed by atoms with van der Waals surface area (Å²) in [6, 6.07) is 29.8. The van der Waals surface area contributed by atoms with Crippen molar-refractivity contribution in [2.45, 2.75) is 43.7 Å². The van der Waals surface area contributed by atoms with E-state index in [1.165, 1.54) is 17.0 Å². The molecule has 0 aliphatic carbocycles. The van der Waals surface area contributed by atoms with Gasteiger partial charge in [-0.2, -0.15) is 0 Å². The monoisotopic (exact) mass is 651 g/mol. The number of hydrogen-bond donors (Lipinski definition) is 1. The van der Waals surface area contributed by atoms with Gasteiger partial charge in [0, 0.05) is 24.5 Å². The first-order chi connectivity index (χ1) is 21.2. The highest BCUT2D eigenvalue weighted by atomic mass is 35.5. The molecule has 0 bridgehead atoms. The average Bonchev–Trinajstić information content (AvgIpc) is 3.03. The highest BCUT2D eigenvalue weighted by molar-refractivity contribution is 7.92. The van der Waals surface area contributed by atoms with Crippen molar-refractivity contribution in [2.24, 2.45) is 0 Å². The molecule has 0 saturated carbocycles. The lowest BCUT2D eigenvalue weighted by Gasteiger charge is -2.34. The zero-order chi connectivity index (χ0) is 31.5. The number of nitrogens with zero attached hydrogens (tertiary/aromatic N) is 2. The highest BCUT2D eigenvalue weighted by Gasteiger charge is 2.35. The minimum atomic E-state index is -4.23. The Labute approximate surface area is 269 Å². The van der Waals surface area contributed by atoms with E-state index in [0.717, 1.165) is 22.7 Å². The summed E-state index contributed by atoms with van der Waals surface area (Å²) in [7, 11) is -4.23. The molecule has 1 N–H and O–H groups in total. The minimum absolute atomic E-state index is 0.00326. The Hall–Kier alpha value is -3.85. The third kappa shape index (κ3) is 8.40. The first kappa shape index (κ1) is 33.1. The smallest absolute Gasteiger partial charge is 0.264 e. The quantitative estimate of drug-likeness (QED) is 0.153. The van der Waals surface area contributed by atoms with Crippen molar-refractivity contribution in [3.63, 3.8) is 0 Å². The van der Waals surface area contributed by atoms with Gasteiger partial charge in [-0.05, 0) is 47.9 Å². The molecule has 0 aliphatic rings. The molecule has 0 aromatic heterocycles. The second-order valence-corrected chi connectivity index (χ2v) is 12.9. The Morgan fingerprint density at radius 2 is 1.39 bits per heavy atom. The molecule has 230 valence electrons. The Morgan fingerprint density at radius 3 is 2.02 bits per heavy atom. The van der Waals surface area contributed by atoms with E-state index in [4.69, 9.17) is 23.2 Å². The van der Waals surface area contributed by atoms with Crippen LogP contribution < -0.4 is 9.62 Å². The molecule has 1 atom stereocenters. The molecule has 7 nitrogen and oxygen atoms in total. The number of carbonyl (C=O) groups is 2. The molecule has 0 fully saturated rings. The van der Waals surface area contributed by atoms with E-state index in [-0.39, 0.29) is 34.5 Å². The van der Waals surface area contributed by atoms with Crippen molar-refractivity contribution >= 4 is 50.7 Å². The molecule has 4 aromatic rings. The zero-order valence-corrected chi connectivity index (χ0v) is 26.7. The third-order valence-electron chi connectivity index (χ3n) is 7.13. The molecule has 44 heavy (non-hydrogen) atoms. The largest absolute Gasteiger partial charge is 0.354 e. The van der Waals surface area contributed by atoms with Gasteiger partial charge in [-0.15, -0.1) is 0 Å². The molecule has 2 amide bonds. The van der Waals surface area contributed by atoms with Crippen molar-refractivity contribution in [3.8, 4) is 0 Å². The number of rotatable bonds is 14. The number of carbonyl (C=O) groups excluding carboxylic acids is 2. The number of nitrogens with one attached hydrogen (secondary N) is 1. The van der Waals surface area contributed by atoms with Crippen LogP contribution in [0.25, 0.3) is 0 Å². The Balaban J connectivity index is 1.80. The Kier molecular flexibility index (Phi) is 11.8. The molecule has 0 unspecified atom stereocenters. The fourth-order valence-corrected chi connectivity index (χ4v) is 6.69. The molecule has 4 aromatic carbocycles. The molecule has 0 spiro atoms. The van der Waals surface area contributed by atoms with Gasteiger partial charge in [-0.25, -0.2) is 8.42 Å². The SMILES string of the molecule is CCCCNC(=O)[C@H](Cc1ccccc1)N(Cc1ccccc1Cl)C(=O)CN(c1ccccc1Cl)S(=O)(=O)c1ccccc1. The molecule has 4 rings (SSSR count). The molecule has 0 heterocycles. The van der Waals surface area contributed by atoms with E-state index in [9.17, 15) is 18.0 Å². The maximum atomic E-state index is 14.5. The van der Waals surface area contributed by atoms with E-state index in [0.29, 0.717) is 17.1 Å². The normalized spacial score (nSPS) is 11.9. The summed E-state index contributed by atoms with van der Waals surface area (Å²) < 4.78 is 29.0. The van der Waals surface area contributed by atoms with Crippen molar-refractivity contribution in [1.29, 1.82) is 0 Å². The van der Waals surface area contributed by atoms with Crippen molar-refractivity contribution in [2.75, 3.05) is 17.4 Å². The van der Waals surface area contributed by atoms with Crippen LogP contribution in [0.4, 0.5) is 5.69 Å². The number of halogens is 2. The number of amides is 2. The first-order valence-corrected chi connectivity index (χ1v) is 16.6. The Morgan fingerprint density at radius 1 is 0.795 bits per heavy atom. The third-order valence-corrected chi connectivity index (χ3v) is 9.59. The molecule has 0 saturated heterocycles. The Bertz CT molecular complexity index is 1650. The van der Waals surface area contributed by atoms with Crippen LogP contribution in [0.5, 0.6) is 0 Å². The minimum Gasteiger partial charge on any atom is -0.354 e. The van der Waals surface area contributed by atoms with Gasteiger partial charge in [0.05, 0.1) is 15.6 Å². The van der Waals surface area contributed by atoms with Gasteiger partial charge in [-0.1, -0.05) is 115 Å². The summed E-state index contributed by atoms with van der Waals surface area (Å²) in [5, 5.41) is 3.56. The summed E-state index contributed by atoms with van der Waals surface area (Å²) in [5.74, 6) is -0.922. The van der Waals surface area contributed by atoms with Crippen LogP contribution in [0.3, 0.4) is 0 Å². The summed E-state index contributed by atoms with van der Waals surface area (Å²) in [4.78, 5) is 29.7. The number of benzene rings is 4. The summed E-state index contributed by atoms with van der Waals surface area (Å²) in [6.45, 7) is 1.86. The second kappa shape index (κ2) is 15.7. The predicted molar refractivity (Wildman–Crippen MR) is 176 cm³/mol. The lowest BCUT2D eigenvalue weighted by molar-refractivity contribution is -0.140. The number of anilines is 1.